The van der Waals surface area contributed by atoms with Crippen LogP contribution in [-0.2, 0) is 4.79 Å². The fourth-order valence-electron chi connectivity index (χ4n) is 1.63. The minimum Gasteiger partial charge on any atom is -0.491 e. The molecule has 7 heteroatoms. The molecule has 0 unspecified atom stereocenters. The normalized spacial score (nSPS) is 16.4. The van der Waals surface area contributed by atoms with E-state index in [9.17, 15) is 19.1 Å². The molecular formula is C12H13FN2O4. The number of carbonyl (C=O) groups excluding carboxylic acids is 2. The molecule has 1 aromatic rings. The molecule has 1 aromatic carbocycles. The number of hydrogen-bond acceptors (Lipinski definition) is 4. The van der Waals surface area contributed by atoms with Crippen LogP contribution in [0.25, 0.3) is 0 Å². The van der Waals surface area contributed by atoms with Crippen LogP contribution < -0.4 is 10.1 Å². The monoisotopic (exact) mass is 268 g/mol. The first kappa shape index (κ1) is 13.3. The van der Waals surface area contributed by atoms with Crippen LogP contribution >= 0.6 is 0 Å². The van der Waals surface area contributed by atoms with Crippen LogP contribution in [0.4, 0.5) is 9.18 Å². The number of ether oxygens (including phenoxy) is 1. The lowest BCUT2D eigenvalue weighted by Crippen LogP contribution is -2.39. The van der Waals surface area contributed by atoms with Crippen molar-refractivity contribution in [2.45, 2.75) is 6.10 Å². The smallest absolute Gasteiger partial charge is 0.324 e. The van der Waals surface area contributed by atoms with Crippen LogP contribution in [0.5, 0.6) is 5.75 Å². The number of aliphatic hydroxyl groups excluding tert-OH is 1. The summed E-state index contributed by atoms with van der Waals surface area (Å²) < 4.78 is 17.9. The van der Waals surface area contributed by atoms with Gasteiger partial charge in [-0.3, -0.25) is 9.69 Å². The highest BCUT2D eigenvalue weighted by Gasteiger charge is 2.30. The number of nitrogens with one attached hydrogen (secondary N) is 1. The number of halogens is 1. The molecular weight excluding hydrogens is 255 g/mol. The number of rotatable bonds is 5. The van der Waals surface area contributed by atoms with E-state index < -0.39 is 12.1 Å². The molecule has 1 aliphatic rings. The molecule has 2 rings (SSSR count). The maximum atomic E-state index is 12.6. The number of nitrogens with zero attached hydrogens (tertiary/aromatic N) is 1. The highest BCUT2D eigenvalue weighted by molar-refractivity contribution is 6.01. The number of β-amino-alcohol motifs (C(OH)–C–C–N with tert-alkyl or cyclic N) is 1. The van der Waals surface area contributed by atoms with Crippen molar-refractivity contribution >= 4 is 11.9 Å². The molecule has 0 radical (unpaired) electrons. The third-order valence-corrected chi connectivity index (χ3v) is 2.59. The van der Waals surface area contributed by atoms with Crippen molar-refractivity contribution in [2.75, 3.05) is 19.7 Å². The summed E-state index contributed by atoms with van der Waals surface area (Å²) in [4.78, 5) is 23.4. The van der Waals surface area contributed by atoms with Crippen LogP contribution in [0.1, 0.15) is 0 Å². The number of urea groups is 1. The number of amides is 3. The highest BCUT2D eigenvalue weighted by Crippen LogP contribution is 2.11. The zero-order valence-corrected chi connectivity index (χ0v) is 10.0. The first-order valence-corrected chi connectivity index (χ1v) is 5.71. The predicted molar refractivity (Wildman–Crippen MR) is 63.0 cm³/mol. The predicted octanol–water partition coefficient (Wildman–Crippen LogP) is 0.117. The molecule has 0 aliphatic carbocycles. The molecule has 1 atom stereocenters. The van der Waals surface area contributed by atoms with E-state index in [0.29, 0.717) is 5.75 Å². The van der Waals surface area contributed by atoms with Crippen molar-refractivity contribution in [3.8, 4) is 5.75 Å². The first-order valence-electron chi connectivity index (χ1n) is 5.71. The second kappa shape index (κ2) is 5.66. The molecule has 19 heavy (non-hydrogen) atoms. The van der Waals surface area contributed by atoms with Gasteiger partial charge in [0.25, 0.3) is 0 Å². The molecule has 0 aromatic heterocycles. The third-order valence-electron chi connectivity index (χ3n) is 2.59. The Morgan fingerprint density at radius 2 is 2.05 bits per heavy atom. The molecule has 2 N–H and O–H groups in total. The summed E-state index contributed by atoms with van der Waals surface area (Å²) in [6.07, 6.45) is -1.00. The summed E-state index contributed by atoms with van der Waals surface area (Å²) in [5, 5.41) is 12.0. The Bertz CT molecular complexity index is 461. The largest absolute Gasteiger partial charge is 0.491 e. The lowest BCUT2D eigenvalue weighted by atomic mass is 10.3. The van der Waals surface area contributed by atoms with Gasteiger partial charge in [-0.05, 0) is 24.3 Å². The Labute approximate surface area is 108 Å². The van der Waals surface area contributed by atoms with Gasteiger partial charge >= 0.3 is 6.03 Å². The fraction of sp³-hybridized carbons (Fsp3) is 0.333. The minimum absolute atomic E-state index is 0.0512. The van der Waals surface area contributed by atoms with Crippen LogP contribution in [0.3, 0.4) is 0 Å². The van der Waals surface area contributed by atoms with E-state index >= 15 is 0 Å². The zero-order chi connectivity index (χ0) is 13.8. The molecule has 1 heterocycles. The standard InChI is InChI=1S/C12H13FN2O4/c13-8-1-3-10(4-2-8)19-7-9(16)6-15-11(17)5-14-12(15)18/h1-4,9,16H,5-7H2,(H,14,18)/t9-/m1/s1. The topological polar surface area (TPSA) is 78.9 Å². The number of imide groups is 1. The summed E-state index contributed by atoms with van der Waals surface area (Å²) >= 11 is 0. The Morgan fingerprint density at radius 1 is 1.37 bits per heavy atom. The molecule has 1 aliphatic heterocycles. The van der Waals surface area contributed by atoms with Crippen molar-refractivity contribution in [1.82, 2.24) is 10.2 Å². The third kappa shape index (κ3) is 3.41. The number of benzene rings is 1. The summed E-state index contributed by atoms with van der Waals surface area (Å²) in [6, 6.07) is 4.80. The Kier molecular flexibility index (Phi) is 3.96. The van der Waals surface area contributed by atoms with Gasteiger partial charge in [-0.1, -0.05) is 0 Å². The highest BCUT2D eigenvalue weighted by atomic mass is 19.1. The van der Waals surface area contributed by atoms with Gasteiger partial charge < -0.3 is 15.2 Å². The summed E-state index contributed by atoms with van der Waals surface area (Å²) in [6.45, 7) is -0.279. The Balaban J connectivity index is 1.81. The van der Waals surface area contributed by atoms with Gasteiger partial charge in [-0.25, -0.2) is 9.18 Å². The molecule has 1 fully saturated rings. The van der Waals surface area contributed by atoms with Crippen molar-refractivity contribution in [3.63, 3.8) is 0 Å². The summed E-state index contributed by atoms with van der Waals surface area (Å²) in [7, 11) is 0. The average Bonchev–Trinajstić information content (AvgIpc) is 2.70. The summed E-state index contributed by atoms with van der Waals surface area (Å²) in [5.74, 6) is -0.365. The zero-order valence-electron chi connectivity index (χ0n) is 10.0. The molecule has 0 saturated carbocycles. The lowest BCUT2D eigenvalue weighted by Gasteiger charge is -2.17. The van der Waals surface area contributed by atoms with E-state index in [4.69, 9.17) is 4.74 Å². The van der Waals surface area contributed by atoms with Crippen molar-refractivity contribution in [1.29, 1.82) is 0 Å². The molecule has 0 spiro atoms. The second-order valence-electron chi connectivity index (χ2n) is 4.08. The minimum atomic E-state index is -1.00. The lowest BCUT2D eigenvalue weighted by molar-refractivity contribution is -0.126. The number of carbonyl (C=O) groups is 2. The van der Waals surface area contributed by atoms with Gasteiger partial charge in [0.1, 0.15) is 24.3 Å². The fourth-order valence-corrected chi connectivity index (χ4v) is 1.63. The van der Waals surface area contributed by atoms with Crippen LogP contribution in [0.15, 0.2) is 24.3 Å². The van der Waals surface area contributed by atoms with E-state index in [1.54, 1.807) is 0 Å². The average molecular weight is 268 g/mol. The van der Waals surface area contributed by atoms with E-state index in [1.807, 2.05) is 0 Å². The molecule has 1 saturated heterocycles. The van der Waals surface area contributed by atoms with E-state index in [1.165, 1.54) is 24.3 Å². The van der Waals surface area contributed by atoms with Crippen LogP contribution in [-0.4, -0.2) is 47.7 Å². The van der Waals surface area contributed by atoms with Crippen molar-refractivity contribution in [2.24, 2.45) is 0 Å². The maximum absolute atomic E-state index is 12.6. The van der Waals surface area contributed by atoms with Gasteiger partial charge in [-0.2, -0.15) is 0 Å². The van der Waals surface area contributed by atoms with Gasteiger partial charge in [0, 0.05) is 0 Å². The molecule has 3 amide bonds. The van der Waals surface area contributed by atoms with E-state index in [-0.39, 0.29) is 31.4 Å². The maximum Gasteiger partial charge on any atom is 0.324 e. The van der Waals surface area contributed by atoms with Gasteiger partial charge in [-0.15, -0.1) is 0 Å². The van der Waals surface area contributed by atoms with Crippen LogP contribution in [0, 0.1) is 5.82 Å². The number of hydrogen-bond donors (Lipinski definition) is 2. The van der Waals surface area contributed by atoms with Crippen LogP contribution in [0.2, 0.25) is 0 Å². The molecule has 0 bridgehead atoms. The van der Waals surface area contributed by atoms with Gasteiger partial charge in [0.05, 0.1) is 13.1 Å². The first-order chi connectivity index (χ1) is 9.06. The molecule has 102 valence electrons. The van der Waals surface area contributed by atoms with E-state index in [0.717, 1.165) is 4.90 Å². The number of aliphatic hydroxyl groups is 1. The second-order valence-corrected chi connectivity index (χ2v) is 4.08. The van der Waals surface area contributed by atoms with Crippen molar-refractivity contribution < 1.29 is 23.8 Å². The van der Waals surface area contributed by atoms with Gasteiger partial charge in [0.15, 0.2) is 0 Å². The Hall–Kier alpha value is -2.15. The Morgan fingerprint density at radius 3 is 2.63 bits per heavy atom. The summed E-state index contributed by atoms with van der Waals surface area (Å²) in [5.41, 5.74) is 0. The van der Waals surface area contributed by atoms with Crippen molar-refractivity contribution in [3.05, 3.63) is 30.1 Å². The molecule has 6 nitrogen and oxygen atoms in total. The SMILES string of the molecule is O=C1CNC(=O)N1C[C@@H](O)COc1ccc(F)cc1. The van der Waals surface area contributed by atoms with E-state index in [2.05, 4.69) is 5.32 Å². The quantitative estimate of drug-likeness (QED) is 0.743. The van der Waals surface area contributed by atoms with Gasteiger partial charge in [0.2, 0.25) is 5.91 Å².